The highest BCUT2D eigenvalue weighted by molar-refractivity contribution is 9.10. The Hall–Kier alpha value is -0.390. The van der Waals surface area contributed by atoms with Crippen LogP contribution in [0.1, 0.15) is 0 Å². The fraction of sp³-hybridized carbons (Fsp3) is 0.333. The van der Waals surface area contributed by atoms with Crippen LogP contribution in [0.4, 0.5) is 0 Å². The maximum absolute atomic E-state index is 11.3. The van der Waals surface area contributed by atoms with E-state index in [-0.39, 0.29) is 28.3 Å². The van der Waals surface area contributed by atoms with Crippen LogP contribution in [0.3, 0.4) is 0 Å². The van der Waals surface area contributed by atoms with Gasteiger partial charge in [-0.1, -0.05) is 11.6 Å². The summed E-state index contributed by atoms with van der Waals surface area (Å²) in [5.41, 5.74) is -0.288. The number of nitrogens with zero attached hydrogens (tertiary/aromatic N) is 2. The molecule has 1 heterocycles. The quantitative estimate of drug-likeness (QED) is 0.788. The van der Waals surface area contributed by atoms with Gasteiger partial charge >= 0.3 is 0 Å². The lowest BCUT2D eigenvalue weighted by Crippen LogP contribution is -2.22. The maximum atomic E-state index is 11.3. The molecule has 12 heavy (non-hydrogen) atoms. The third-order valence-electron chi connectivity index (χ3n) is 1.28. The summed E-state index contributed by atoms with van der Waals surface area (Å²) in [6, 6.07) is 0. The molecule has 1 aromatic heterocycles. The van der Waals surface area contributed by atoms with Crippen LogP contribution < -0.4 is 5.56 Å². The van der Waals surface area contributed by atoms with E-state index in [1.165, 1.54) is 10.9 Å². The van der Waals surface area contributed by atoms with Crippen LogP contribution in [0.2, 0.25) is 5.15 Å². The summed E-state index contributed by atoms with van der Waals surface area (Å²) in [6.07, 6.45) is 1.30. The topological polar surface area (TPSA) is 55.1 Å². The Balaban J connectivity index is 3.18. The molecule has 0 radical (unpaired) electrons. The Morgan fingerprint density at radius 2 is 2.42 bits per heavy atom. The Morgan fingerprint density at radius 1 is 1.75 bits per heavy atom. The van der Waals surface area contributed by atoms with Gasteiger partial charge in [-0.3, -0.25) is 9.36 Å². The first-order valence-electron chi connectivity index (χ1n) is 3.18. The van der Waals surface area contributed by atoms with E-state index in [2.05, 4.69) is 20.9 Å². The summed E-state index contributed by atoms with van der Waals surface area (Å²) in [5.74, 6) is 0. The van der Waals surface area contributed by atoms with E-state index in [1.807, 2.05) is 0 Å². The first-order chi connectivity index (χ1) is 5.66. The molecule has 0 aliphatic carbocycles. The second-order valence-electron chi connectivity index (χ2n) is 2.07. The van der Waals surface area contributed by atoms with E-state index in [4.69, 9.17) is 16.7 Å². The summed E-state index contributed by atoms with van der Waals surface area (Å²) >= 11 is 8.54. The molecule has 66 valence electrons. The van der Waals surface area contributed by atoms with Crippen molar-refractivity contribution in [2.45, 2.75) is 6.54 Å². The lowest BCUT2D eigenvalue weighted by Gasteiger charge is -2.02. The van der Waals surface area contributed by atoms with Gasteiger partial charge in [0.1, 0.15) is 4.47 Å². The van der Waals surface area contributed by atoms with Crippen molar-refractivity contribution in [2.75, 3.05) is 6.61 Å². The number of rotatable bonds is 2. The van der Waals surface area contributed by atoms with Crippen molar-refractivity contribution in [1.29, 1.82) is 0 Å². The zero-order valence-electron chi connectivity index (χ0n) is 6.00. The van der Waals surface area contributed by atoms with Crippen LogP contribution in [0.15, 0.2) is 15.6 Å². The zero-order valence-corrected chi connectivity index (χ0v) is 8.34. The molecule has 0 aliphatic rings. The van der Waals surface area contributed by atoms with Crippen LogP contribution in [0.25, 0.3) is 0 Å². The van der Waals surface area contributed by atoms with Gasteiger partial charge in [-0.2, -0.15) is 0 Å². The number of halogens is 2. The molecule has 0 bridgehead atoms. The predicted octanol–water partition coefficient (Wildman–Crippen LogP) is 0.651. The molecule has 1 N–H and O–H groups in total. The average molecular weight is 253 g/mol. The number of hydrogen-bond donors (Lipinski definition) is 1. The highest BCUT2D eigenvalue weighted by Crippen LogP contribution is 2.13. The zero-order chi connectivity index (χ0) is 9.14. The van der Waals surface area contributed by atoms with E-state index >= 15 is 0 Å². The highest BCUT2D eigenvalue weighted by atomic mass is 79.9. The number of aromatic nitrogens is 2. The molecule has 1 rings (SSSR count). The summed E-state index contributed by atoms with van der Waals surface area (Å²) in [6.45, 7) is 0.122. The van der Waals surface area contributed by atoms with Crippen LogP contribution in [-0.2, 0) is 6.54 Å². The molecular formula is C6H6BrClN2O2. The standard InChI is InChI=1S/C6H6BrClN2O2/c7-4-5(8)9-3-10(1-2-11)6(4)12/h3,11H,1-2H2. The van der Waals surface area contributed by atoms with Gasteiger partial charge in [-0.25, -0.2) is 4.98 Å². The van der Waals surface area contributed by atoms with E-state index in [0.29, 0.717) is 0 Å². The predicted molar refractivity (Wildman–Crippen MR) is 48.3 cm³/mol. The van der Waals surface area contributed by atoms with Crippen molar-refractivity contribution in [3.8, 4) is 0 Å². The maximum Gasteiger partial charge on any atom is 0.269 e. The average Bonchev–Trinajstić information content (AvgIpc) is 2.07. The number of aliphatic hydroxyl groups excluding tert-OH is 1. The molecule has 0 aromatic carbocycles. The minimum absolute atomic E-state index is 0.102. The van der Waals surface area contributed by atoms with Crippen LogP contribution in [-0.4, -0.2) is 21.3 Å². The van der Waals surface area contributed by atoms with E-state index < -0.39 is 0 Å². The van der Waals surface area contributed by atoms with E-state index in [0.717, 1.165) is 0 Å². The van der Waals surface area contributed by atoms with E-state index in [1.54, 1.807) is 0 Å². The fourth-order valence-corrected chi connectivity index (χ4v) is 1.17. The summed E-state index contributed by atoms with van der Waals surface area (Å²) < 4.78 is 1.50. The monoisotopic (exact) mass is 252 g/mol. The molecule has 0 atom stereocenters. The van der Waals surface area contributed by atoms with Crippen molar-refractivity contribution in [3.63, 3.8) is 0 Å². The lowest BCUT2D eigenvalue weighted by molar-refractivity contribution is 0.273. The van der Waals surface area contributed by atoms with Crippen LogP contribution in [0.5, 0.6) is 0 Å². The number of hydrogen-bond acceptors (Lipinski definition) is 3. The molecule has 6 heteroatoms. The molecular weight excluding hydrogens is 247 g/mol. The molecule has 0 saturated heterocycles. The summed E-state index contributed by atoms with van der Waals surface area (Å²) in [7, 11) is 0. The summed E-state index contributed by atoms with van der Waals surface area (Å²) in [4.78, 5) is 15.0. The van der Waals surface area contributed by atoms with E-state index in [9.17, 15) is 4.79 Å². The largest absolute Gasteiger partial charge is 0.395 e. The molecule has 0 spiro atoms. The van der Waals surface area contributed by atoms with Gasteiger partial charge in [-0.15, -0.1) is 0 Å². The second-order valence-corrected chi connectivity index (χ2v) is 3.22. The molecule has 0 fully saturated rings. The third-order valence-corrected chi connectivity index (χ3v) is 2.51. The molecule has 4 nitrogen and oxygen atoms in total. The summed E-state index contributed by atoms with van der Waals surface area (Å²) in [5, 5.41) is 8.70. The third kappa shape index (κ3) is 1.85. The van der Waals surface area contributed by atoms with Gasteiger partial charge in [0.15, 0.2) is 5.15 Å². The van der Waals surface area contributed by atoms with Crippen LogP contribution >= 0.6 is 27.5 Å². The van der Waals surface area contributed by atoms with Gasteiger partial charge < -0.3 is 5.11 Å². The lowest BCUT2D eigenvalue weighted by atomic mass is 10.6. The first kappa shape index (κ1) is 9.70. The Kier molecular flexibility index (Phi) is 3.25. The van der Waals surface area contributed by atoms with Gasteiger partial charge in [0.05, 0.1) is 19.5 Å². The van der Waals surface area contributed by atoms with Gasteiger partial charge in [0.2, 0.25) is 0 Å². The molecule has 1 aromatic rings. The Labute approximate surface area is 81.9 Å². The molecule has 0 saturated carbocycles. The second kappa shape index (κ2) is 4.02. The van der Waals surface area contributed by atoms with Crippen molar-refractivity contribution < 1.29 is 5.11 Å². The Morgan fingerprint density at radius 3 is 3.00 bits per heavy atom. The fourth-order valence-electron chi connectivity index (χ4n) is 0.711. The normalized spacial score (nSPS) is 10.2. The first-order valence-corrected chi connectivity index (χ1v) is 4.35. The van der Waals surface area contributed by atoms with Crippen molar-refractivity contribution >= 4 is 27.5 Å². The minimum atomic E-state index is -0.288. The van der Waals surface area contributed by atoms with Crippen molar-refractivity contribution in [3.05, 3.63) is 26.3 Å². The molecule has 0 aliphatic heterocycles. The molecule has 0 amide bonds. The smallest absolute Gasteiger partial charge is 0.269 e. The van der Waals surface area contributed by atoms with Gasteiger partial charge in [0, 0.05) is 0 Å². The van der Waals surface area contributed by atoms with Crippen LogP contribution in [0, 0.1) is 0 Å². The Bertz CT molecular complexity index is 339. The van der Waals surface area contributed by atoms with Crippen molar-refractivity contribution in [1.82, 2.24) is 9.55 Å². The van der Waals surface area contributed by atoms with Gasteiger partial charge in [-0.05, 0) is 15.9 Å². The van der Waals surface area contributed by atoms with Gasteiger partial charge in [0.25, 0.3) is 5.56 Å². The highest BCUT2D eigenvalue weighted by Gasteiger charge is 2.05. The SMILES string of the molecule is O=c1c(Br)c(Cl)ncn1CCO. The molecule has 0 unspecified atom stereocenters. The minimum Gasteiger partial charge on any atom is -0.395 e. The van der Waals surface area contributed by atoms with Crippen molar-refractivity contribution in [2.24, 2.45) is 0 Å². The number of aliphatic hydroxyl groups is 1.